The van der Waals surface area contributed by atoms with Gasteiger partial charge < -0.3 is 16.2 Å². The van der Waals surface area contributed by atoms with E-state index in [0.717, 1.165) is 22.0 Å². The highest BCUT2D eigenvalue weighted by Gasteiger charge is 2.09. The van der Waals surface area contributed by atoms with Crippen molar-refractivity contribution in [3.8, 4) is 5.75 Å². The van der Waals surface area contributed by atoms with Crippen LogP contribution in [0.1, 0.15) is 12.5 Å². The Kier molecular flexibility index (Phi) is 4.11. The Bertz CT molecular complexity index is 589. The summed E-state index contributed by atoms with van der Waals surface area (Å²) in [6, 6.07) is 5.96. The van der Waals surface area contributed by atoms with Crippen LogP contribution in [0.3, 0.4) is 0 Å². The normalized spacial score (nSPS) is 10.4. The maximum atomic E-state index is 5.84. The van der Waals surface area contributed by atoms with E-state index in [-0.39, 0.29) is 5.95 Å². The quantitative estimate of drug-likeness (QED) is 0.891. The maximum absolute atomic E-state index is 5.84. The molecule has 0 fully saturated rings. The molecule has 5 nitrogen and oxygen atoms in total. The van der Waals surface area contributed by atoms with Gasteiger partial charge in [-0.1, -0.05) is 18.7 Å². The monoisotopic (exact) mass is 276 g/mol. The minimum Gasteiger partial charge on any atom is -0.497 e. The molecular formula is C13H16N4OS. The maximum Gasteiger partial charge on any atom is 0.221 e. The average molecular weight is 276 g/mol. The van der Waals surface area contributed by atoms with Gasteiger partial charge in [-0.05, 0) is 30.2 Å². The first-order chi connectivity index (χ1) is 9.13. The molecule has 1 aromatic heterocycles. The van der Waals surface area contributed by atoms with Crippen molar-refractivity contribution in [3.63, 3.8) is 0 Å². The van der Waals surface area contributed by atoms with Gasteiger partial charge in [-0.2, -0.15) is 4.98 Å². The van der Waals surface area contributed by atoms with Gasteiger partial charge in [0.2, 0.25) is 5.95 Å². The van der Waals surface area contributed by atoms with Crippen LogP contribution in [0, 0.1) is 0 Å². The molecule has 0 saturated carbocycles. The van der Waals surface area contributed by atoms with Crippen molar-refractivity contribution in [1.29, 1.82) is 0 Å². The number of nitrogen functional groups attached to an aromatic ring is 2. The fourth-order valence-corrected chi connectivity index (χ4v) is 2.62. The number of nitrogens with zero attached hydrogens (tertiary/aromatic N) is 2. The molecule has 0 saturated heterocycles. The number of benzene rings is 1. The molecule has 0 spiro atoms. The van der Waals surface area contributed by atoms with Gasteiger partial charge >= 0.3 is 0 Å². The van der Waals surface area contributed by atoms with E-state index in [2.05, 4.69) is 16.9 Å². The number of ether oxygens (including phenoxy) is 1. The number of hydrogen-bond acceptors (Lipinski definition) is 6. The van der Waals surface area contributed by atoms with Gasteiger partial charge in [-0.25, -0.2) is 4.98 Å². The lowest BCUT2D eigenvalue weighted by atomic mass is 10.1. The second-order valence-corrected chi connectivity index (χ2v) is 4.99. The van der Waals surface area contributed by atoms with Gasteiger partial charge in [0.05, 0.1) is 12.0 Å². The molecule has 4 N–H and O–H groups in total. The number of aromatic nitrogens is 2. The molecule has 2 rings (SSSR count). The van der Waals surface area contributed by atoms with Crippen LogP contribution in [0.25, 0.3) is 0 Å². The molecule has 0 aliphatic carbocycles. The first kappa shape index (κ1) is 13.5. The van der Waals surface area contributed by atoms with Crippen LogP contribution in [0.4, 0.5) is 11.8 Å². The van der Waals surface area contributed by atoms with Crippen molar-refractivity contribution in [1.82, 2.24) is 9.97 Å². The van der Waals surface area contributed by atoms with Gasteiger partial charge in [0.15, 0.2) is 0 Å². The summed E-state index contributed by atoms with van der Waals surface area (Å²) in [6.45, 7) is 2.10. The largest absolute Gasteiger partial charge is 0.497 e. The van der Waals surface area contributed by atoms with E-state index in [9.17, 15) is 0 Å². The van der Waals surface area contributed by atoms with Gasteiger partial charge in [0.25, 0.3) is 0 Å². The van der Waals surface area contributed by atoms with Gasteiger partial charge in [-0.3, -0.25) is 0 Å². The second kappa shape index (κ2) is 5.79. The molecule has 1 heterocycles. The summed E-state index contributed by atoms with van der Waals surface area (Å²) >= 11 is 1.53. The number of rotatable bonds is 4. The Morgan fingerprint density at radius 3 is 2.68 bits per heavy atom. The summed E-state index contributed by atoms with van der Waals surface area (Å²) in [4.78, 5) is 9.84. The number of methoxy groups -OCH3 is 1. The third kappa shape index (κ3) is 3.08. The van der Waals surface area contributed by atoms with Gasteiger partial charge in [0, 0.05) is 11.1 Å². The van der Waals surface area contributed by atoms with Crippen LogP contribution in [0.5, 0.6) is 5.75 Å². The Balaban J connectivity index is 2.32. The average Bonchev–Trinajstić information content (AvgIpc) is 2.42. The standard InChI is InChI=1S/C13H16N4OS/c1-3-8-6-9(18-2)4-5-10(8)19-11-7-16-13(15)17-12(11)14/h4-7H,3H2,1-2H3,(H4,14,15,16,17). The Labute approximate surface area is 116 Å². The molecule has 0 aliphatic rings. The molecule has 0 atom stereocenters. The van der Waals surface area contributed by atoms with Crippen LogP contribution >= 0.6 is 11.8 Å². The second-order valence-electron chi connectivity index (χ2n) is 3.91. The number of aryl methyl sites for hydroxylation is 1. The summed E-state index contributed by atoms with van der Waals surface area (Å²) < 4.78 is 5.23. The third-order valence-corrected chi connectivity index (χ3v) is 3.82. The zero-order valence-corrected chi connectivity index (χ0v) is 11.7. The fourth-order valence-electron chi connectivity index (χ4n) is 1.65. The van der Waals surface area contributed by atoms with Gasteiger partial charge in [0.1, 0.15) is 11.6 Å². The first-order valence-electron chi connectivity index (χ1n) is 5.86. The lowest BCUT2D eigenvalue weighted by Crippen LogP contribution is -2.00. The summed E-state index contributed by atoms with van der Waals surface area (Å²) in [5.41, 5.74) is 12.5. The highest BCUT2D eigenvalue weighted by molar-refractivity contribution is 7.99. The molecule has 0 aliphatic heterocycles. The van der Waals surface area contributed by atoms with E-state index >= 15 is 0 Å². The van der Waals surface area contributed by atoms with Gasteiger partial charge in [-0.15, -0.1) is 0 Å². The van der Waals surface area contributed by atoms with Crippen molar-refractivity contribution in [2.45, 2.75) is 23.1 Å². The zero-order chi connectivity index (χ0) is 13.8. The van der Waals surface area contributed by atoms with E-state index < -0.39 is 0 Å². The van der Waals surface area contributed by atoms with E-state index in [1.807, 2.05) is 18.2 Å². The topological polar surface area (TPSA) is 87.0 Å². The molecule has 0 unspecified atom stereocenters. The fraction of sp³-hybridized carbons (Fsp3) is 0.231. The molecule has 0 amide bonds. The van der Waals surface area contributed by atoms with Crippen LogP contribution in [-0.2, 0) is 6.42 Å². The van der Waals surface area contributed by atoms with E-state index in [0.29, 0.717) is 5.82 Å². The Morgan fingerprint density at radius 1 is 1.26 bits per heavy atom. The van der Waals surface area contributed by atoms with Crippen molar-refractivity contribution in [2.75, 3.05) is 18.6 Å². The Hall–Kier alpha value is -1.95. The van der Waals surface area contributed by atoms with Crippen LogP contribution in [-0.4, -0.2) is 17.1 Å². The lowest BCUT2D eigenvalue weighted by Gasteiger charge is -2.10. The smallest absolute Gasteiger partial charge is 0.221 e. The highest BCUT2D eigenvalue weighted by Crippen LogP contribution is 2.34. The van der Waals surface area contributed by atoms with Crippen LogP contribution < -0.4 is 16.2 Å². The van der Waals surface area contributed by atoms with E-state index in [1.54, 1.807) is 13.3 Å². The van der Waals surface area contributed by atoms with Crippen molar-refractivity contribution < 1.29 is 4.74 Å². The molecule has 2 aromatic rings. The molecule has 1 aromatic carbocycles. The molecule has 100 valence electrons. The predicted octanol–water partition coefficient (Wildman–Crippen LogP) is 2.36. The highest BCUT2D eigenvalue weighted by atomic mass is 32.2. The number of anilines is 2. The summed E-state index contributed by atoms with van der Waals surface area (Å²) in [5, 5.41) is 0. The van der Waals surface area contributed by atoms with E-state index in [1.165, 1.54) is 17.3 Å². The third-order valence-electron chi connectivity index (χ3n) is 2.67. The minimum atomic E-state index is 0.187. The van der Waals surface area contributed by atoms with Crippen LogP contribution in [0.2, 0.25) is 0 Å². The minimum absolute atomic E-state index is 0.187. The molecule has 0 bridgehead atoms. The molecular weight excluding hydrogens is 260 g/mol. The van der Waals surface area contributed by atoms with Crippen molar-refractivity contribution in [2.24, 2.45) is 0 Å². The lowest BCUT2D eigenvalue weighted by molar-refractivity contribution is 0.414. The molecule has 0 radical (unpaired) electrons. The first-order valence-corrected chi connectivity index (χ1v) is 6.68. The van der Waals surface area contributed by atoms with Crippen molar-refractivity contribution >= 4 is 23.5 Å². The number of nitrogens with two attached hydrogens (primary N) is 2. The molecule has 19 heavy (non-hydrogen) atoms. The van der Waals surface area contributed by atoms with Crippen LogP contribution in [0.15, 0.2) is 34.2 Å². The summed E-state index contributed by atoms with van der Waals surface area (Å²) in [6.07, 6.45) is 2.56. The Morgan fingerprint density at radius 2 is 2.05 bits per heavy atom. The van der Waals surface area contributed by atoms with Crippen molar-refractivity contribution in [3.05, 3.63) is 30.0 Å². The summed E-state index contributed by atoms with van der Waals surface area (Å²) in [5.74, 6) is 1.44. The molecule has 6 heteroatoms. The SMILES string of the molecule is CCc1cc(OC)ccc1Sc1cnc(N)nc1N. The zero-order valence-electron chi connectivity index (χ0n) is 10.9. The summed E-state index contributed by atoms with van der Waals surface area (Å²) in [7, 11) is 1.66. The predicted molar refractivity (Wildman–Crippen MR) is 77.4 cm³/mol. The number of hydrogen-bond donors (Lipinski definition) is 2. The van der Waals surface area contributed by atoms with E-state index in [4.69, 9.17) is 16.2 Å².